The summed E-state index contributed by atoms with van der Waals surface area (Å²) in [5.74, 6) is 0.727. The van der Waals surface area contributed by atoms with Crippen molar-refractivity contribution in [2.45, 2.75) is 58.5 Å². The summed E-state index contributed by atoms with van der Waals surface area (Å²) in [7, 11) is 0. The highest BCUT2D eigenvalue weighted by atomic mass is 15.2. The summed E-state index contributed by atoms with van der Waals surface area (Å²) in [4.78, 5) is 2.66. The van der Waals surface area contributed by atoms with Crippen molar-refractivity contribution in [3.05, 3.63) is 0 Å². The zero-order valence-corrected chi connectivity index (χ0v) is 10.00. The Labute approximate surface area is 88.8 Å². The molecule has 0 amide bonds. The molecule has 0 bridgehead atoms. The quantitative estimate of drug-likeness (QED) is 0.753. The summed E-state index contributed by atoms with van der Waals surface area (Å²) >= 11 is 0. The lowest BCUT2D eigenvalue weighted by Gasteiger charge is -2.36. The topological polar surface area (TPSA) is 29.3 Å². The highest BCUT2D eigenvalue weighted by molar-refractivity contribution is 4.83. The average Bonchev–Trinajstić information content (AvgIpc) is 2.38. The van der Waals surface area contributed by atoms with Gasteiger partial charge in [-0.15, -0.1) is 0 Å². The minimum absolute atomic E-state index is 0.673. The normalized spacial score (nSPS) is 30.6. The first-order chi connectivity index (χ1) is 6.70. The summed E-state index contributed by atoms with van der Waals surface area (Å²) in [6, 6.07) is 1.40. The van der Waals surface area contributed by atoms with Crippen LogP contribution in [0.4, 0.5) is 0 Å². The molecule has 1 fully saturated rings. The van der Waals surface area contributed by atoms with Gasteiger partial charge in [-0.3, -0.25) is 4.90 Å². The molecule has 0 aromatic carbocycles. The van der Waals surface area contributed by atoms with Crippen molar-refractivity contribution in [1.82, 2.24) is 4.90 Å². The summed E-state index contributed by atoms with van der Waals surface area (Å²) < 4.78 is 0. The molecule has 14 heavy (non-hydrogen) atoms. The molecule has 0 aromatic rings. The second kappa shape index (κ2) is 5.72. The molecule has 1 rings (SSSR count). The molecule has 1 saturated heterocycles. The van der Waals surface area contributed by atoms with E-state index in [0.717, 1.165) is 18.5 Å². The number of likely N-dealkylation sites (tertiary alicyclic amines) is 1. The monoisotopic (exact) mass is 198 g/mol. The highest BCUT2D eigenvalue weighted by Gasteiger charge is 2.28. The van der Waals surface area contributed by atoms with Crippen LogP contribution in [0.25, 0.3) is 0 Å². The van der Waals surface area contributed by atoms with E-state index in [1.807, 2.05) is 0 Å². The number of hydrogen-bond acceptors (Lipinski definition) is 2. The molecular weight excluding hydrogens is 172 g/mol. The SMILES string of the molecule is CCC1C(CN)CCCCN1C(C)C. The van der Waals surface area contributed by atoms with Gasteiger partial charge in [0.2, 0.25) is 0 Å². The maximum absolute atomic E-state index is 5.87. The highest BCUT2D eigenvalue weighted by Crippen LogP contribution is 2.25. The Hall–Kier alpha value is -0.0800. The van der Waals surface area contributed by atoms with Crippen molar-refractivity contribution < 1.29 is 0 Å². The third-order valence-electron chi connectivity index (χ3n) is 3.60. The van der Waals surface area contributed by atoms with Crippen LogP contribution in [-0.4, -0.2) is 30.1 Å². The first kappa shape index (κ1) is 12.0. The van der Waals surface area contributed by atoms with Gasteiger partial charge in [0, 0.05) is 12.1 Å². The van der Waals surface area contributed by atoms with E-state index in [9.17, 15) is 0 Å². The van der Waals surface area contributed by atoms with E-state index in [4.69, 9.17) is 5.73 Å². The Balaban J connectivity index is 2.69. The van der Waals surface area contributed by atoms with Crippen molar-refractivity contribution in [2.75, 3.05) is 13.1 Å². The lowest BCUT2D eigenvalue weighted by molar-refractivity contribution is 0.117. The molecule has 0 saturated carbocycles. The number of hydrogen-bond donors (Lipinski definition) is 1. The Bertz CT molecular complexity index is 156. The van der Waals surface area contributed by atoms with Crippen molar-refractivity contribution >= 4 is 0 Å². The van der Waals surface area contributed by atoms with Crippen LogP contribution in [0.5, 0.6) is 0 Å². The van der Waals surface area contributed by atoms with Crippen LogP contribution in [0.1, 0.15) is 46.5 Å². The van der Waals surface area contributed by atoms with E-state index < -0.39 is 0 Å². The van der Waals surface area contributed by atoms with Crippen LogP contribution in [0.3, 0.4) is 0 Å². The van der Waals surface area contributed by atoms with E-state index in [2.05, 4.69) is 25.7 Å². The van der Waals surface area contributed by atoms with Gasteiger partial charge in [-0.05, 0) is 52.1 Å². The molecule has 2 N–H and O–H groups in total. The largest absolute Gasteiger partial charge is 0.330 e. The Morgan fingerprint density at radius 1 is 1.36 bits per heavy atom. The van der Waals surface area contributed by atoms with Crippen LogP contribution in [0, 0.1) is 5.92 Å². The maximum Gasteiger partial charge on any atom is 0.0136 e. The Morgan fingerprint density at radius 2 is 2.07 bits per heavy atom. The predicted octanol–water partition coefficient (Wildman–Crippen LogP) is 2.23. The van der Waals surface area contributed by atoms with Gasteiger partial charge in [-0.2, -0.15) is 0 Å². The number of nitrogens with zero attached hydrogens (tertiary/aromatic N) is 1. The standard InChI is InChI=1S/C12H26N2/c1-4-12-11(9-13)7-5-6-8-14(12)10(2)3/h10-12H,4-9,13H2,1-3H3. The van der Waals surface area contributed by atoms with E-state index in [1.54, 1.807) is 0 Å². The zero-order chi connectivity index (χ0) is 10.6. The molecule has 0 radical (unpaired) electrons. The summed E-state index contributed by atoms with van der Waals surface area (Å²) in [6.07, 6.45) is 5.30. The molecule has 84 valence electrons. The van der Waals surface area contributed by atoms with Crippen LogP contribution >= 0.6 is 0 Å². The van der Waals surface area contributed by atoms with E-state index in [1.165, 1.54) is 32.2 Å². The second-order valence-electron chi connectivity index (χ2n) is 4.80. The first-order valence-electron chi connectivity index (χ1n) is 6.16. The van der Waals surface area contributed by atoms with Gasteiger partial charge in [0.15, 0.2) is 0 Å². The number of rotatable bonds is 3. The molecule has 1 heterocycles. The van der Waals surface area contributed by atoms with Crippen LogP contribution < -0.4 is 5.73 Å². The second-order valence-corrected chi connectivity index (χ2v) is 4.80. The average molecular weight is 198 g/mol. The molecule has 2 nitrogen and oxygen atoms in total. The number of nitrogens with two attached hydrogens (primary N) is 1. The minimum atomic E-state index is 0.673. The van der Waals surface area contributed by atoms with Gasteiger partial charge in [0.05, 0.1) is 0 Å². The van der Waals surface area contributed by atoms with E-state index >= 15 is 0 Å². The summed E-state index contributed by atoms with van der Waals surface area (Å²) in [6.45, 7) is 9.05. The minimum Gasteiger partial charge on any atom is -0.330 e. The van der Waals surface area contributed by atoms with Gasteiger partial charge in [-0.1, -0.05) is 13.3 Å². The van der Waals surface area contributed by atoms with E-state index in [0.29, 0.717) is 6.04 Å². The van der Waals surface area contributed by atoms with Gasteiger partial charge < -0.3 is 5.73 Å². The van der Waals surface area contributed by atoms with Gasteiger partial charge >= 0.3 is 0 Å². The summed E-state index contributed by atoms with van der Waals surface area (Å²) in [5, 5.41) is 0. The Kier molecular flexibility index (Phi) is 4.90. The molecule has 1 aliphatic rings. The van der Waals surface area contributed by atoms with E-state index in [-0.39, 0.29) is 0 Å². The van der Waals surface area contributed by atoms with Crippen molar-refractivity contribution in [3.8, 4) is 0 Å². The molecule has 2 atom stereocenters. The molecule has 1 aliphatic heterocycles. The lowest BCUT2D eigenvalue weighted by Crippen LogP contribution is -2.45. The maximum atomic E-state index is 5.87. The Morgan fingerprint density at radius 3 is 2.57 bits per heavy atom. The molecule has 0 spiro atoms. The molecule has 2 unspecified atom stereocenters. The lowest BCUT2D eigenvalue weighted by atomic mass is 9.92. The van der Waals surface area contributed by atoms with Gasteiger partial charge in [-0.25, -0.2) is 0 Å². The zero-order valence-electron chi connectivity index (χ0n) is 10.00. The molecule has 0 aliphatic carbocycles. The van der Waals surface area contributed by atoms with Crippen molar-refractivity contribution in [1.29, 1.82) is 0 Å². The van der Waals surface area contributed by atoms with Crippen molar-refractivity contribution in [2.24, 2.45) is 11.7 Å². The fourth-order valence-electron chi connectivity index (χ4n) is 2.81. The van der Waals surface area contributed by atoms with Gasteiger partial charge in [0.25, 0.3) is 0 Å². The summed E-state index contributed by atoms with van der Waals surface area (Å²) in [5.41, 5.74) is 5.87. The van der Waals surface area contributed by atoms with Crippen LogP contribution in [0.15, 0.2) is 0 Å². The fraction of sp³-hybridized carbons (Fsp3) is 1.00. The fourth-order valence-corrected chi connectivity index (χ4v) is 2.81. The van der Waals surface area contributed by atoms with Crippen LogP contribution in [-0.2, 0) is 0 Å². The van der Waals surface area contributed by atoms with Crippen molar-refractivity contribution in [3.63, 3.8) is 0 Å². The molecular formula is C12H26N2. The third kappa shape index (κ3) is 2.71. The smallest absolute Gasteiger partial charge is 0.0136 e. The predicted molar refractivity (Wildman–Crippen MR) is 62.3 cm³/mol. The van der Waals surface area contributed by atoms with Crippen LogP contribution in [0.2, 0.25) is 0 Å². The van der Waals surface area contributed by atoms with Gasteiger partial charge in [0.1, 0.15) is 0 Å². The molecule has 0 aromatic heterocycles. The third-order valence-corrected chi connectivity index (χ3v) is 3.60. The molecule has 2 heteroatoms. The first-order valence-corrected chi connectivity index (χ1v) is 6.16.